The second kappa shape index (κ2) is 3.03. The van der Waals surface area contributed by atoms with Gasteiger partial charge in [0.2, 0.25) is 0 Å². The van der Waals surface area contributed by atoms with E-state index in [4.69, 9.17) is 16.4 Å². The molecule has 0 saturated heterocycles. The van der Waals surface area contributed by atoms with Crippen LogP contribution in [0.25, 0.3) is 0 Å². The molecule has 0 radical (unpaired) electrons. The lowest BCUT2D eigenvalue weighted by molar-refractivity contribution is 1.27. The van der Waals surface area contributed by atoms with Crippen LogP contribution < -0.4 is 5.73 Å². The summed E-state index contributed by atoms with van der Waals surface area (Å²) in [6.07, 6.45) is 0. The highest BCUT2D eigenvalue weighted by Crippen LogP contribution is 2.35. The molecule has 3 nitrogen and oxygen atoms in total. The third kappa shape index (κ3) is 1.23. The maximum atomic E-state index is 8.63. The Hall–Kier alpha value is -1.21. The van der Waals surface area contributed by atoms with Crippen LogP contribution >= 0.6 is 11.8 Å². The highest BCUT2D eigenvalue weighted by Gasteiger charge is 2.24. The van der Waals surface area contributed by atoms with E-state index in [1.807, 2.05) is 19.9 Å². The van der Waals surface area contributed by atoms with E-state index in [0.29, 0.717) is 15.6 Å². The van der Waals surface area contributed by atoms with Crippen LogP contribution in [0.15, 0.2) is 21.7 Å². The summed E-state index contributed by atoms with van der Waals surface area (Å²) in [5, 5.41) is 16.5. The molecule has 0 bridgehead atoms. The molecule has 0 aromatic carbocycles. The van der Waals surface area contributed by atoms with Gasteiger partial charge in [-0.2, -0.15) is 5.26 Å². The van der Waals surface area contributed by atoms with Gasteiger partial charge in [0.05, 0.1) is 5.70 Å². The molecular formula is C8H9N3S. The van der Waals surface area contributed by atoms with Gasteiger partial charge in [-0.25, -0.2) is 0 Å². The van der Waals surface area contributed by atoms with Crippen molar-refractivity contribution in [2.75, 3.05) is 0 Å². The minimum Gasteiger partial charge on any atom is -0.397 e. The van der Waals surface area contributed by atoms with Gasteiger partial charge in [-0.1, -0.05) is 17.3 Å². The zero-order chi connectivity index (χ0) is 9.30. The molecule has 0 unspecified atom stereocenters. The summed E-state index contributed by atoms with van der Waals surface area (Å²) in [4.78, 5) is 0.441. The van der Waals surface area contributed by atoms with Gasteiger partial charge in [0.15, 0.2) is 0 Å². The molecule has 0 saturated carbocycles. The molecule has 1 aliphatic heterocycles. The third-order valence-electron chi connectivity index (χ3n) is 1.55. The standard InChI is InChI=1S/C8H9N3S/c1-4(2)6-7(10)5(3-9)12-8(6)11/h11H,10H2,1-2H3. The van der Waals surface area contributed by atoms with Crippen molar-refractivity contribution in [3.8, 4) is 6.07 Å². The van der Waals surface area contributed by atoms with E-state index in [1.54, 1.807) is 0 Å². The average molecular weight is 179 g/mol. The fourth-order valence-corrected chi connectivity index (χ4v) is 1.90. The topological polar surface area (TPSA) is 73.7 Å². The first-order valence-electron chi connectivity index (χ1n) is 3.42. The summed E-state index contributed by atoms with van der Waals surface area (Å²) in [5.41, 5.74) is 7.81. The van der Waals surface area contributed by atoms with Crippen LogP contribution in [0.5, 0.6) is 0 Å². The van der Waals surface area contributed by atoms with Crippen molar-refractivity contribution in [2.45, 2.75) is 13.8 Å². The van der Waals surface area contributed by atoms with Crippen molar-refractivity contribution in [1.82, 2.24) is 0 Å². The van der Waals surface area contributed by atoms with Crippen molar-refractivity contribution >= 4 is 16.8 Å². The molecular weight excluding hydrogens is 170 g/mol. The summed E-state index contributed by atoms with van der Waals surface area (Å²) in [7, 11) is 0. The SMILES string of the molecule is CC(C)=C1C(=N)SC(C#N)=C1N. The first-order valence-corrected chi connectivity index (χ1v) is 4.24. The fraction of sp³-hybridized carbons (Fsp3) is 0.250. The van der Waals surface area contributed by atoms with Gasteiger partial charge in [0.25, 0.3) is 0 Å². The number of hydrogen-bond donors (Lipinski definition) is 2. The van der Waals surface area contributed by atoms with Gasteiger partial charge in [0, 0.05) is 5.57 Å². The lowest BCUT2D eigenvalue weighted by Crippen LogP contribution is -2.03. The lowest BCUT2D eigenvalue weighted by atomic mass is 10.1. The molecule has 12 heavy (non-hydrogen) atoms. The second-order valence-electron chi connectivity index (χ2n) is 2.66. The minimum atomic E-state index is 0.379. The molecule has 62 valence electrons. The molecule has 0 aromatic rings. The van der Waals surface area contributed by atoms with E-state index in [9.17, 15) is 0 Å². The molecule has 1 rings (SSSR count). The number of nitrogens with two attached hydrogens (primary N) is 1. The Morgan fingerprint density at radius 2 is 2.17 bits per heavy atom. The molecule has 4 heteroatoms. The monoisotopic (exact) mass is 179 g/mol. The zero-order valence-electron chi connectivity index (χ0n) is 6.93. The fourth-order valence-electron chi connectivity index (χ4n) is 1.02. The first-order chi connectivity index (χ1) is 5.57. The van der Waals surface area contributed by atoms with Crippen LogP contribution in [0, 0.1) is 16.7 Å². The Kier molecular flexibility index (Phi) is 2.25. The molecule has 0 spiro atoms. The highest BCUT2D eigenvalue weighted by atomic mass is 32.2. The van der Waals surface area contributed by atoms with Crippen molar-refractivity contribution in [3.05, 3.63) is 21.7 Å². The van der Waals surface area contributed by atoms with Gasteiger partial charge in [-0.05, 0) is 13.8 Å². The summed E-state index contributed by atoms with van der Waals surface area (Å²) in [6, 6.07) is 1.97. The van der Waals surface area contributed by atoms with E-state index in [1.165, 1.54) is 0 Å². The number of nitrogens with zero attached hydrogens (tertiary/aromatic N) is 1. The van der Waals surface area contributed by atoms with Gasteiger partial charge in [0.1, 0.15) is 16.0 Å². The van der Waals surface area contributed by atoms with Gasteiger partial charge >= 0.3 is 0 Å². The Morgan fingerprint density at radius 3 is 2.42 bits per heavy atom. The first kappa shape index (κ1) is 8.88. The van der Waals surface area contributed by atoms with E-state index >= 15 is 0 Å². The number of nitrogens with one attached hydrogen (secondary N) is 1. The largest absolute Gasteiger partial charge is 0.397 e. The minimum absolute atomic E-state index is 0.379. The Labute approximate surface area is 75.4 Å². The highest BCUT2D eigenvalue weighted by molar-refractivity contribution is 8.18. The van der Waals surface area contributed by atoms with Gasteiger partial charge < -0.3 is 5.73 Å². The van der Waals surface area contributed by atoms with E-state index in [2.05, 4.69) is 0 Å². The molecule has 0 fully saturated rings. The van der Waals surface area contributed by atoms with E-state index < -0.39 is 0 Å². The smallest absolute Gasteiger partial charge is 0.115 e. The van der Waals surface area contributed by atoms with Gasteiger partial charge in [-0.15, -0.1) is 0 Å². The maximum Gasteiger partial charge on any atom is 0.115 e. The summed E-state index contributed by atoms with van der Waals surface area (Å²) >= 11 is 1.13. The summed E-state index contributed by atoms with van der Waals surface area (Å²) in [6.45, 7) is 3.77. The lowest BCUT2D eigenvalue weighted by Gasteiger charge is -2.00. The van der Waals surface area contributed by atoms with Crippen molar-refractivity contribution < 1.29 is 0 Å². The number of thioether (sulfide) groups is 1. The molecule has 1 aliphatic rings. The van der Waals surface area contributed by atoms with E-state index in [0.717, 1.165) is 22.9 Å². The van der Waals surface area contributed by atoms with Crippen LogP contribution in [-0.2, 0) is 0 Å². The number of hydrogen-bond acceptors (Lipinski definition) is 4. The van der Waals surface area contributed by atoms with Crippen LogP contribution in [0.4, 0.5) is 0 Å². The van der Waals surface area contributed by atoms with Crippen LogP contribution in [0.3, 0.4) is 0 Å². The normalized spacial score (nSPS) is 16.8. The molecule has 1 heterocycles. The molecule has 0 amide bonds. The predicted molar refractivity (Wildman–Crippen MR) is 50.5 cm³/mol. The van der Waals surface area contributed by atoms with Crippen molar-refractivity contribution in [3.63, 3.8) is 0 Å². The van der Waals surface area contributed by atoms with Crippen molar-refractivity contribution in [2.24, 2.45) is 5.73 Å². The molecule has 3 N–H and O–H groups in total. The second-order valence-corrected chi connectivity index (χ2v) is 3.68. The number of rotatable bonds is 0. The average Bonchev–Trinajstić information content (AvgIpc) is 2.25. The quantitative estimate of drug-likeness (QED) is 0.594. The van der Waals surface area contributed by atoms with Crippen LogP contribution in [0.2, 0.25) is 0 Å². The Bertz CT molecular complexity index is 340. The van der Waals surface area contributed by atoms with Gasteiger partial charge in [-0.3, -0.25) is 5.41 Å². The molecule has 0 aliphatic carbocycles. The summed E-state index contributed by atoms with van der Waals surface area (Å²) < 4.78 is 0. The third-order valence-corrected chi connectivity index (χ3v) is 2.47. The Balaban J connectivity index is 3.26. The Morgan fingerprint density at radius 1 is 1.58 bits per heavy atom. The molecule has 0 aromatic heterocycles. The number of allylic oxidation sites excluding steroid dienone is 3. The van der Waals surface area contributed by atoms with E-state index in [-0.39, 0.29) is 0 Å². The maximum absolute atomic E-state index is 8.63. The zero-order valence-corrected chi connectivity index (χ0v) is 7.75. The van der Waals surface area contributed by atoms with Crippen LogP contribution in [0.1, 0.15) is 13.8 Å². The van der Waals surface area contributed by atoms with Crippen LogP contribution in [-0.4, -0.2) is 5.04 Å². The predicted octanol–water partition coefficient (Wildman–Crippen LogP) is 1.74. The summed E-state index contributed by atoms with van der Waals surface area (Å²) in [5.74, 6) is 0. The molecule has 0 atom stereocenters. The van der Waals surface area contributed by atoms with Crippen molar-refractivity contribution in [1.29, 1.82) is 10.7 Å². The number of nitriles is 1.